The average Bonchev–Trinajstić information content (AvgIpc) is 2.40. The first kappa shape index (κ1) is 15.7. The number of hydrogen-bond donors (Lipinski definition) is 0. The molecule has 0 aromatic rings. The molecule has 114 valence electrons. The van der Waals surface area contributed by atoms with Gasteiger partial charge in [0.15, 0.2) is 0 Å². The lowest BCUT2D eigenvalue weighted by Crippen LogP contribution is -2.35. The predicted molar refractivity (Wildman–Crippen MR) is 80.9 cm³/mol. The Morgan fingerprint density at radius 1 is 1.10 bits per heavy atom. The fourth-order valence-electron chi connectivity index (χ4n) is 3.91. The molecule has 20 heavy (non-hydrogen) atoms. The van der Waals surface area contributed by atoms with Crippen LogP contribution in [0.2, 0.25) is 0 Å². The topological polar surface area (TPSA) is 0 Å². The Labute approximate surface area is 122 Å². The first-order valence-electron chi connectivity index (χ1n) is 8.34. The van der Waals surface area contributed by atoms with E-state index in [-0.39, 0.29) is 5.92 Å². The first-order valence-corrected chi connectivity index (χ1v) is 8.34. The fraction of sp³-hybridized carbons (Fsp3) is 0.778. The molecular formula is C18H28F2. The van der Waals surface area contributed by atoms with Gasteiger partial charge < -0.3 is 0 Å². The van der Waals surface area contributed by atoms with Crippen molar-refractivity contribution < 1.29 is 8.78 Å². The van der Waals surface area contributed by atoms with Gasteiger partial charge in [0.2, 0.25) is 0 Å². The van der Waals surface area contributed by atoms with E-state index in [2.05, 4.69) is 6.92 Å². The molecule has 2 heteroatoms. The van der Waals surface area contributed by atoms with Crippen LogP contribution in [0.15, 0.2) is 23.8 Å². The number of alkyl halides is 2. The van der Waals surface area contributed by atoms with Crippen molar-refractivity contribution in [2.24, 2.45) is 17.8 Å². The Hall–Kier alpha value is -0.660. The van der Waals surface area contributed by atoms with Crippen LogP contribution in [0, 0.1) is 17.8 Å². The van der Waals surface area contributed by atoms with Crippen LogP contribution in [0.5, 0.6) is 0 Å². The number of halogens is 2. The van der Waals surface area contributed by atoms with Crippen LogP contribution in [0.25, 0.3) is 0 Å². The maximum Gasteiger partial charge on any atom is 0.273 e. The van der Waals surface area contributed by atoms with E-state index >= 15 is 0 Å². The van der Waals surface area contributed by atoms with Crippen molar-refractivity contribution in [2.45, 2.75) is 71.1 Å². The monoisotopic (exact) mass is 282 g/mol. The molecule has 0 heterocycles. The molecule has 1 saturated carbocycles. The van der Waals surface area contributed by atoms with Gasteiger partial charge in [-0.2, -0.15) is 0 Å². The van der Waals surface area contributed by atoms with Gasteiger partial charge in [-0.3, -0.25) is 0 Å². The predicted octanol–water partition coefficient (Wildman–Crippen LogP) is 6.14. The molecule has 2 aliphatic carbocycles. The molecule has 1 fully saturated rings. The van der Waals surface area contributed by atoms with Gasteiger partial charge in [0.1, 0.15) is 0 Å². The molecule has 0 aromatic heterocycles. The Morgan fingerprint density at radius 3 is 2.35 bits per heavy atom. The highest BCUT2D eigenvalue weighted by atomic mass is 19.3. The molecule has 0 spiro atoms. The SMILES string of the molecule is CCCC1=CC(F)(F)C(C2CCC(CCC)CC2)C=C1. The van der Waals surface area contributed by atoms with Crippen molar-refractivity contribution in [1.29, 1.82) is 0 Å². The third-order valence-corrected chi connectivity index (χ3v) is 4.97. The van der Waals surface area contributed by atoms with Gasteiger partial charge in [0.05, 0.1) is 0 Å². The Balaban J connectivity index is 1.96. The smallest absolute Gasteiger partial charge is 0.201 e. The Morgan fingerprint density at radius 2 is 1.80 bits per heavy atom. The Bertz CT molecular complexity index is 360. The first-order chi connectivity index (χ1) is 9.56. The molecule has 0 radical (unpaired) electrons. The summed E-state index contributed by atoms with van der Waals surface area (Å²) in [7, 11) is 0. The average molecular weight is 282 g/mol. The summed E-state index contributed by atoms with van der Waals surface area (Å²) in [5.41, 5.74) is 0.813. The van der Waals surface area contributed by atoms with Crippen LogP contribution in [-0.4, -0.2) is 5.92 Å². The van der Waals surface area contributed by atoms with Crippen LogP contribution in [0.4, 0.5) is 8.78 Å². The molecule has 0 aromatic carbocycles. The molecule has 1 unspecified atom stereocenters. The number of rotatable bonds is 5. The van der Waals surface area contributed by atoms with Crippen LogP contribution in [0.1, 0.15) is 65.2 Å². The van der Waals surface area contributed by atoms with Crippen molar-refractivity contribution in [1.82, 2.24) is 0 Å². The fourth-order valence-corrected chi connectivity index (χ4v) is 3.91. The van der Waals surface area contributed by atoms with Crippen molar-refractivity contribution in [3.05, 3.63) is 23.8 Å². The second-order valence-corrected chi connectivity index (χ2v) is 6.60. The highest BCUT2D eigenvalue weighted by Crippen LogP contribution is 2.44. The second-order valence-electron chi connectivity index (χ2n) is 6.60. The molecular weight excluding hydrogens is 254 g/mol. The minimum atomic E-state index is -2.64. The van der Waals surface area contributed by atoms with Crippen LogP contribution in [0.3, 0.4) is 0 Å². The summed E-state index contributed by atoms with van der Waals surface area (Å²) < 4.78 is 28.7. The van der Waals surface area contributed by atoms with E-state index in [9.17, 15) is 8.78 Å². The zero-order valence-corrected chi connectivity index (χ0v) is 12.9. The molecule has 0 amide bonds. The molecule has 2 rings (SSSR count). The van der Waals surface area contributed by atoms with Crippen LogP contribution >= 0.6 is 0 Å². The number of allylic oxidation sites excluding steroid dienone is 4. The second kappa shape index (κ2) is 6.87. The normalized spacial score (nSPS) is 33.0. The van der Waals surface area contributed by atoms with Crippen LogP contribution in [-0.2, 0) is 0 Å². The van der Waals surface area contributed by atoms with E-state index in [1.165, 1.54) is 18.9 Å². The lowest BCUT2D eigenvalue weighted by molar-refractivity contribution is -0.0254. The lowest BCUT2D eigenvalue weighted by atomic mass is 9.71. The Kier molecular flexibility index (Phi) is 5.40. The zero-order chi connectivity index (χ0) is 14.6. The van der Waals surface area contributed by atoms with Crippen LogP contribution < -0.4 is 0 Å². The van der Waals surface area contributed by atoms with Gasteiger partial charge in [0, 0.05) is 5.92 Å². The van der Waals surface area contributed by atoms with E-state index in [1.54, 1.807) is 6.08 Å². The summed E-state index contributed by atoms with van der Waals surface area (Å²) in [6.07, 6.45) is 13.4. The van der Waals surface area contributed by atoms with Gasteiger partial charge in [-0.15, -0.1) is 0 Å². The maximum absolute atomic E-state index is 14.3. The molecule has 1 atom stereocenters. The maximum atomic E-state index is 14.3. The summed E-state index contributed by atoms with van der Waals surface area (Å²) in [5.74, 6) is -2.25. The summed E-state index contributed by atoms with van der Waals surface area (Å²) >= 11 is 0. The molecule has 0 N–H and O–H groups in total. The quantitative estimate of drug-likeness (QED) is 0.568. The third-order valence-electron chi connectivity index (χ3n) is 4.97. The van der Waals surface area contributed by atoms with Gasteiger partial charge >= 0.3 is 0 Å². The van der Waals surface area contributed by atoms with Crippen molar-refractivity contribution in [3.8, 4) is 0 Å². The zero-order valence-electron chi connectivity index (χ0n) is 12.9. The molecule has 0 saturated heterocycles. The number of hydrogen-bond acceptors (Lipinski definition) is 0. The standard InChI is InChI=1S/C18H28F2/c1-3-5-14-7-10-16(11-8-14)17-12-9-15(6-4-2)13-18(17,19)20/h9,12-14,16-17H,3-8,10-11H2,1-2H3. The lowest BCUT2D eigenvalue weighted by Gasteiger charge is -2.37. The highest BCUT2D eigenvalue weighted by molar-refractivity contribution is 5.29. The van der Waals surface area contributed by atoms with E-state index in [1.807, 2.05) is 13.0 Å². The van der Waals surface area contributed by atoms with E-state index in [0.29, 0.717) is 0 Å². The summed E-state index contributed by atoms with van der Waals surface area (Å²) in [6, 6.07) is 0. The van der Waals surface area contributed by atoms with Gasteiger partial charge in [0.25, 0.3) is 5.92 Å². The van der Waals surface area contributed by atoms with Gasteiger partial charge in [-0.1, -0.05) is 58.1 Å². The highest BCUT2D eigenvalue weighted by Gasteiger charge is 2.43. The van der Waals surface area contributed by atoms with Crippen molar-refractivity contribution in [2.75, 3.05) is 0 Å². The summed E-state index contributed by atoms with van der Waals surface area (Å²) in [4.78, 5) is 0. The summed E-state index contributed by atoms with van der Waals surface area (Å²) in [6.45, 7) is 4.25. The largest absolute Gasteiger partial charge is 0.273 e. The summed E-state index contributed by atoms with van der Waals surface area (Å²) in [5, 5.41) is 0. The van der Waals surface area contributed by atoms with E-state index < -0.39 is 11.8 Å². The molecule has 0 nitrogen and oxygen atoms in total. The van der Waals surface area contributed by atoms with Gasteiger partial charge in [-0.25, -0.2) is 8.78 Å². The third kappa shape index (κ3) is 3.71. The van der Waals surface area contributed by atoms with E-state index in [4.69, 9.17) is 0 Å². The molecule has 2 aliphatic rings. The van der Waals surface area contributed by atoms with Crippen molar-refractivity contribution >= 4 is 0 Å². The van der Waals surface area contributed by atoms with E-state index in [0.717, 1.165) is 50.0 Å². The minimum Gasteiger partial charge on any atom is -0.201 e. The van der Waals surface area contributed by atoms with Gasteiger partial charge in [-0.05, 0) is 42.7 Å². The van der Waals surface area contributed by atoms with Crippen molar-refractivity contribution in [3.63, 3.8) is 0 Å². The molecule has 0 aliphatic heterocycles. The minimum absolute atomic E-state index is 0.175. The molecule has 0 bridgehead atoms.